The van der Waals surface area contributed by atoms with Gasteiger partial charge in [0, 0.05) is 16.1 Å². The molecule has 0 atom stereocenters. The van der Waals surface area contributed by atoms with Crippen LogP contribution in [0.2, 0.25) is 5.02 Å². The molecule has 3 rings (SSSR count). The third-order valence-corrected chi connectivity index (χ3v) is 4.67. The van der Waals surface area contributed by atoms with Crippen LogP contribution in [0.4, 0.5) is 0 Å². The van der Waals surface area contributed by atoms with E-state index < -0.39 is 0 Å². The standard InChI is InChI=1S/C23H24ClNO2/c1-17-3-5-18(6-4-17)14-25-15-20-9-12-22(23(13-20)26-2)27-16-19-7-10-21(24)11-8-19/h3-13,25H,14-16H2,1-2H3/p+1. The van der Waals surface area contributed by atoms with Crippen molar-refractivity contribution in [1.29, 1.82) is 0 Å². The zero-order valence-corrected chi connectivity index (χ0v) is 16.5. The first kappa shape index (κ1) is 19.3. The van der Waals surface area contributed by atoms with E-state index in [0.29, 0.717) is 6.61 Å². The van der Waals surface area contributed by atoms with Crippen molar-refractivity contribution in [2.24, 2.45) is 0 Å². The lowest BCUT2D eigenvalue weighted by atomic mass is 10.1. The number of hydrogen-bond acceptors (Lipinski definition) is 2. The van der Waals surface area contributed by atoms with Crippen molar-refractivity contribution < 1.29 is 14.8 Å². The van der Waals surface area contributed by atoms with Gasteiger partial charge in [-0.2, -0.15) is 0 Å². The Morgan fingerprint density at radius 1 is 0.778 bits per heavy atom. The first-order valence-corrected chi connectivity index (χ1v) is 9.43. The summed E-state index contributed by atoms with van der Waals surface area (Å²) < 4.78 is 11.4. The fraction of sp³-hybridized carbons (Fsp3) is 0.217. The number of nitrogens with two attached hydrogens (primary N) is 1. The van der Waals surface area contributed by atoms with Crippen LogP contribution >= 0.6 is 11.6 Å². The first-order chi connectivity index (χ1) is 13.1. The number of rotatable bonds is 8. The number of hydrogen-bond donors (Lipinski definition) is 1. The van der Waals surface area contributed by atoms with Gasteiger partial charge < -0.3 is 14.8 Å². The van der Waals surface area contributed by atoms with Gasteiger partial charge in [-0.3, -0.25) is 0 Å². The molecule has 140 valence electrons. The molecule has 0 amide bonds. The van der Waals surface area contributed by atoms with E-state index >= 15 is 0 Å². The van der Waals surface area contributed by atoms with E-state index in [1.165, 1.54) is 16.7 Å². The highest BCUT2D eigenvalue weighted by molar-refractivity contribution is 6.30. The van der Waals surface area contributed by atoms with Gasteiger partial charge in [-0.1, -0.05) is 53.6 Å². The third-order valence-electron chi connectivity index (χ3n) is 4.42. The second-order valence-corrected chi connectivity index (χ2v) is 7.02. The van der Waals surface area contributed by atoms with Crippen molar-refractivity contribution in [3.05, 3.63) is 94.0 Å². The molecule has 0 spiro atoms. The van der Waals surface area contributed by atoms with Gasteiger partial charge in [0.2, 0.25) is 0 Å². The van der Waals surface area contributed by atoms with E-state index in [2.05, 4.69) is 42.6 Å². The molecule has 0 aliphatic rings. The number of benzene rings is 3. The summed E-state index contributed by atoms with van der Waals surface area (Å²) >= 11 is 5.92. The topological polar surface area (TPSA) is 35.1 Å². The van der Waals surface area contributed by atoms with E-state index in [4.69, 9.17) is 21.1 Å². The molecule has 0 aromatic heterocycles. The maximum absolute atomic E-state index is 5.92. The van der Waals surface area contributed by atoms with Gasteiger partial charge in [0.05, 0.1) is 7.11 Å². The van der Waals surface area contributed by atoms with Crippen LogP contribution in [0, 0.1) is 6.92 Å². The fourth-order valence-electron chi connectivity index (χ4n) is 2.83. The van der Waals surface area contributed by atoms with Gasteiger partial charge in [-0.15, -0.1) is 0 Å². The Balaban J connectivity index is 1.56. The molecule has 0 saturated carbocycles. The van der Waals surface area contributed by atoms with Crippen LogP contribution in [-0.2, 0) is 19.7 Å². The van der Waals surface area contributed by atoms with Gasteiger partial charge in [0.1, 0.15) is 19.7 Å². The van der Waals surface area contributed by atoms with Gasteiger partial charge in [-0.25, -0.2) is 0 Å². The molecule has 0 fully saturated rings. The van der Waals surface area contributed by atoms with Gasteiger partial charge >= 0.3 is 0 Å². The normalized spacial score (nSPS) is 10.6. The maximum Gasteiger partial charge on any atom is 0.161 e. The van der Waals surface area contributed by atoms with Gasteiger partial charge in [0.15, 0.2) is 11.5 Å². The Labute approximate surface area is 165 Å². The summed E-state index contributed by atoms with van der Waals surface area (Å²) in [5.41, 5.74) is 4.89. The summed E-state index contributed by atoms with van der Waals surface area (Å²) in [7, 11) is 1.67. The van der Waals surface area contributed by atoms with Crippen molar-refractivity contribution >= 4 is 11.6 Å². The summed E-state index contributed by atoms with van der Waals surface area (Å²) in [5, 5.41) is 3.01. The molecule has 3 aromatic rings. The summed E-state index contributed by atoms with van der Waals surface area (Å²) in [6.45, 7) is 4.43. The molecule has 0 saturated heterocycles. The summed E-state index contributed by atoms with van der Waals surface area (Å²) in [6, 6.07) is 22.4. The molecule has 4 heteroatoms. The van der Waals surface area contributed by atoms with Crippen LogP contribution in [0.1, 0.15) is 22.3 Å². The lowest BCUT2D eigenvalue weighted by molar-refractivity contribution is -0.686. The second kappa shape index (κ2) is 9.45. The smallest absolute Gasteiger partial charge is 0.161 e. The third kappa shape index (κ3) is 5.75. The van der Waals surface area contributed by atoms with Crippen LogP contribution in [-0.4, -0.2) is 7.11 Å². The Bertz CT molecular complexity index is 861. The summed E-state index contributed by atoms with van der Waals surface area (Å²) in [4.78, 5) is 0. The molecular formula is C23H25ClNO2+. The van der Waals surface area contributed by atoms with Crippen molar-refractivity contribution in [3.63, 3.8) is 0 Å². The lowest BCUT2D eigenvalue weighted by Gasteiger charge is -2.12. The number of ether oxygens (including phenoxy) is 2. The van der Waals surface area contributed by atoms with Gasteiger partial charge in [0.25, 0.3) is 0 Å². The fourth-order valence-corrected chi connectivity index (χ4v) is 2.96. The minimum absolute atomic E-state index is 0.479. The van der Waals surface area contributed by atoms with Crippen LogP contribution in [0.25, 0.3) is 0 Å². The van der Waals surface area contributed by atoms with E-state index in [1.807, 2.05) is 36.4 Å². The van der Waals surface area contributed by atoms with Crippen LogP contribution < -0.4 is 14.8 Å². The van der Waals surface area contributed by atoms with Crippen molar-refractivity contribution in [2.45, 2.75) is 26.6 Å². The lowest BCUT2D eigenvalue weighted by Crippen LogP contribution is -2.80. The molecule has 0 unspecified atom stereocenters. The number of quaternary nitrogens is 1. The number of methoxy groups -OCH3 is 1. The quantitative estimate of drug-likeness (QED) is 0.622. The van der Waals surface area contributed by atoms with Gasteiger partial charge in [-0.05, 0) is 42.8 Å². The minimum Gasteiger partial charge on any atom is -0.493 e. The molecule has 2 N–H and O–H groups in total. The SMILES string of the molecule is COc1cc(C[NH2+]Cc2ccc(C)cc2)ccc1OCc1ccc(Cl)cc1. The predicted octanol–water partition coefficient (Wildman–Crippen LogP) is 4.50. The molecule has 27 heavy (non-hydrogen) atoms. The molecule has 3 aromatic carbocycles. The Hall–Kier alpha value is -2.49. The molecule has 0 radical (unpaired) electrons. The Morgan fingerprint density at radius 3 is 2.11 bits per heavy atom. The zero-order chi connectivity index (χ0) is 19.1. The highest BCUT2D eigenvalue weighted by atomic mass is 35.5. The molecule has 0 bridgehead atoms. The monoisotopic (exact) mass is 382 g/mol. The van der Waals surface area contributed by atoms with E-state index in [1.54, 1.807) is 7.11 Å². The summed E-state index contributed by atoms with van der Waals surface area (Å²) in [6.07, 6.45) is 0. The van der Waals surface area contributed by atoms with Crippen LogP contribution in [0.5, 0.6) is 11.5 Å². The Kier molecular flexibility index (Phi) is 6.74. The molecule has 0 heterocycles. The predicted molar refractivity (Wildman–Crippen MR) is 109 cm³/mol. The zero-order valence-electron chi connectivity index (χ0n) is 15.7. The highest BCUT2D eigenvalue weighted by Crippen LogP contribution is 2.28. The van der Waals surface area contributed by atoms with Crippen LogP contribution in [0.3, 0.4) is 0 Å². The number of halogens is 1. The number of aryl methyl sites for hydroxylation is 1. The van der Waals surface area contributed by atoms with Crippen LogP contribution in [0.15, 0.2) is 66.7 Å². The molecule has 0 aliphatic heterocycles. The first-order valence-electron chi connectivity index (χ1n) is 9.05. The van der Waals surface area contributed by atoms with E-state index in [-0.39, 0.29) is 0 Å². The second-order valence-electron chi connectivity index (χ2n) is 6.58. The molecule has 3 nitrogen and oxygen atoms in total. The average Bonchev–Trinajstić information content (AvgIpc) is 2.69. The van der Waals surface area contributed by atoms with E-state index in [9.17, 15) is 0 Å². The molecular weight excluding hydrogens is 358 g/mol. The molecule has 0 aliphatic carbocycles. The van der Waals surface area contributed by atoms with Crippen molar-refractivity contribution in [1.82, 2.24) is 0 Å². The Morgan fingerprint density at radius 2 is 1.41 bits per heavy atom. The summed E-state index contributed by atoms with van der Waals surface area (Å²) in [5.74, 6) is 1.50. The van der Waals surface area contributed by atoms with Crippen molar-refractivity contribution in [3.8, 4) is 11.5 Å². The maximum atomic E-state index is 5.92. The van der Waals surface area contributed by atoms with Crippen molar-refractivity contribution in [2.75, 3.05) is 7.11 Å². The minimum atomic E-state index is 0.479. The average molecular weight is 383 g/mol. The highest BCUT2D eigenvalue weighted by Gasteiger charge is 2.08. The largest absolute Gasteiger partial charge is 0.493 e. The van der Waals surface area contributed by atoms with E-state index in [0.717, 1.165) is 35.2 Å².